The van der Waals surface area contributed by atoms with Crippen molar-refractivity contribution >= 4 is 11.6 Å². The third-order valence-electron chi connectivity index (χ3n) is 4.75. The van der Waals surface area contributed by atoms with Crippen LogP contribution in [-0.2, 0) is 24.1 Å². The zero-order valence-electron chi connectivity index (χ0n) is 13.1. The molecule has 1 heterocycles. The summed E-state index contributed by atoms with van der Waals surface area (Å²) in [6.07, 6.45) is 3.68. The van der Waals surface area contributed by atoms with Crippen molar-refractivity contribution in [3.05, 3.63) is 58.7 Å². The smallest absolute Gasteiger partial charge is 0.264 e. The number of carbonyl (C=O) groups excluding carboxylic acids is 1. The summed E-state index contributed by atoms with van der Waals surface area (Å²) in [7, 11) is 0. The lowest BCUT2D eigenvalue weighted by Gasteiger charge is -2.18. The second-order valence-corrected chi connectivity index (χ2v) is 6.25. The van der Waals surface area contributed by atoms with Crippen LogP contribution in [0.1, 0.15) is 23.1 Å². The highest BCUT2D eigenvalue weighted by Gasteiger charge is 2.28. The molecule has 0 spiro atoms. The van der Waals surface area contributed by atoms with Gasteiger partial charge in [-0.25, -0.2) is 8.78 Å². The van der Waals surface area contributed by atoms with Crippen molar-refractivity contribution in [1.29, 1.82) is 0 Å². The third-order valence-corrected chi connectivity index (χ3v) is 4.75. The molecule has 2 aromatic carbocycles. The summed E-state index contributed by atoms with van der Waals surface area (Å²) in [5, 5.41) is 0. The van der Waals surface area contributed by atoms with E-state index in [0.29, 0.717) is 30.0 Å². The molecular formula is C19H17F2NO2. The van der Waals surface area contributed by atoms with E-state index < -0.39 is 11.6 Å². The lowest BCUT2D eigenvalue weighted by atomic mass is 10.1. The van der Waals surface area contributed by atoms with Crippen LogP contribution in [0.3, 0.4) is 0 Å². The Hall–Kier alpha value is -2.43. The highest BCUT2D eigenvalue weighted by molar-refractivity contribution is 5.96. The summed E-state index contributed by atoms with van der Waals surface area (Å²) in [5.41, 5.74) is 3.32. The first-order valence-electron chi connectivity index (χ1n) is 8.15. The molecule has 0 fully saturated rings. The summed E-state index contributed by atoms with van der Waals surface area (Å²) in [4.78, 5) is 13.8. The standard InChI is InChI=1S/C19H17F2NO2/c20-14-9-17(21)16-6-7-22(18(16)10-14)19(23)11-24-15-5-4-12-2-1-3-13(12)8-15/h4-5,8-10H,1-3,6-7,11H2. The highest BCUT2D eigenvalue weighted by atomic mass is 19.1. The predicted octanol–water partition coefficient (Wildman–Crippen LogP) is 3.42. The van der Waals surface area contributed by atoms with Crippen molar-refractivity contribution in [3.63, 3.8) is 0 Å². The first-order chi connectivity index (χ1) is 11.6. The van der Waals surface area contributed by atoms with Crippen molar-refractivity contribution in [2.75, 3.05) is 18.1 Å². The summed E-state index contributed by atoms with van der Waals surface area (Å²) >= 11 is 0. The van der Waals surface area contributed by atoms with Gasteiger partial charge < -0.3 is 9.64 Å². The normalized spacial score (nSPS) is 15.3. The van der Waals surface area contributed by atoms with E-state index in [4.69, 9.17) is 4.74 Å². The number of carbonyl (C=O) groups is 1. The molecule has 4 rings (SSSR count). The van der Waals surface area contributed by atoms with Crippen LogP contribution in [0.4, 0.5) is 14.5 Å². The largest absolute Gasteiger partial charge is 0.484 e. The molecular weight excluding hydrogens is 312 g/mol. The van der Waals surface area contributed by atoms with Gasteiger partial charge in [0.1, 0.15) is 17.4 Å². The van der Waals surface area contributed by atoms with Crippen molar-refractivity contribution in [1.82, 2.24) is 0 Å². The molecule has 0 aromatic heterocycles. The number of hydrogen-bond acceptors (Lipinski definition) is 2. The molecule has 1 amide bonds. The first-order valence-corrected chi connectivity index (χ1v) is 8.15. The number of nitrogens with zero attached hydrogens (tertiary/aromatic N) is 1. The number of aryl methyl sites for hydroxylation is 2. The van der Waals surface area contributed by atoms with Gasteiger partial charge in [-0.3, -0.25) is 4.79 Å². The maximum atomic E-state index is 13.8. The van der Waals surface area contributed by atoms with Crippen LogP contribution in [0, 0.1) is 11.6 Å². The molecule has 1 aliphatic heterocycles. The number of anilines is 1. The molecule has 2 aromatic rings. The molecule has 0 saturated heterocycles. The molecule has 3 nitrogen and oxygen atoms in total. The lowest BCUT2D eigenvalue weighted by molar-refractivity contribution is -0.120. The van der Waals surface area contributed by atoms with Gasteiger partial charge >= 0.3 is 0 Å². The molecule has 5 heteroatoms. The van der Waals surface area contributed by atoms with E-state index in [2.05, 4.69) is 0 Å². The molecule has 24 heavy (non-hydrogen) atoms. The Labute approximate surface area is 138 Å². The fourth-order valence-corrected chi connectivity index (χ4v) is 3.54. The predicted molar refractivity (Wildman–Crippen MR) is 86.4 cm³/mol. The number of benzene rings is 2. The minimum atomic E-state index is -0.675. The Morgan fingerprint density at radius 3 is 2.79 bits per heavy atom. The van der Waals surface area contributed by atoms with Gasteiger partial charge in [0.2, 0.25) is 0 Å². The average Bonchev–Trinajstić information content (AvgIpc) is 3.18. The fourth-order valence-electron chi connectivity index (χ4n) is 3.54. The fraction of sp³-hybridized carbons (Fsp3) is 0.316. The maximum Gasteiger partial charge on any atom is 0.264 e. The molecule has 2 aliphatic rings. The van der Waals surface area contributed by atoms with E-state index in [0.717, 1.165) is 25.3 Å². The van der Waals surface area contributed by atoms with Gasteiger partial charge in [-0.05, 0) is 55.0 Å². The van der Waals surface area contributed by atoms with Crippen molar-refractivity contribution in [2.24, 2.45) is 0 Å². The number of halogens is 2. The Kier molecular flexibility index (Phi) is 3.71. The van der Waals surface area contributed by atoms with Gasteiger partial charge in [0.15, 0.2) is 6.61 Å². The summed E-state index contributed by atoms with van der Waals surface area (Å²) in [6, 6.07) is 7.95. The quantitative estimate of drug-likeness (QED) is 0.863. The van der Waals surface area contributed by atoms with Crippen molar-refractivity contribution in [3.8, 4) is 5.75 Å². The Bertz CT molecular complexity index is 819. The summed E-state index contributed by atoms with van der Waals surface area (Å²) in [6.45, 7) is 0.207. The Balaban J connectivity index is 1.47. The van der Waals surface area contributed by atoms with E-state index in [-0.39, 0.29) is 12.5 Å². The van der Waals surface area contributed by atoms with Crippen LogP contribution in [0.5, 0.6) is 5.75 Å². The van der Waals surface area contributed by atoms with E-state index in [9.17, 15) is 13.6 Å². The Morgan fingerprint density at radius 1 is 1.08 bits per heavy atom. The number of hydrogen-bond donors (Lipinski definition) is 0. The molecule has 0 radical (unpaired) electrons. The van der Waals surface area contributed by atoms with Crippen molar-refractivity contribution < 1.29 is 18.3 Å². The van der Waals surface area contributed by atoms with Gasteiger partial charge in [0, 0.05) is 18.2 Å². The molecule has 0 atom stereocenters. The minimum Gasteiger partial charge on any atom is -0.484 e. The molecule has 0 saturated carbocycles. The average molecular weight is 329 g/mol. The molecule has 0 unspecified atom stereocenters. The summed E-state index contributed by atoms with van der Waals surface area (Å²) < 4.78 is 32.8. The summed E-state index contributed by atoms with van der Waals surface area (Å²) in [5.74, 6) is -0.904. The number of fused-ring (bicyclic) bond motifs is 2. The van der Waals surface area contributed by atoms with E-state index in [1.165, 1.54) is 22.1 Å². The van der Waals surface area contributed by atoms with E-state index >= 15 is 0 Å². The van der Waals surface area contributed by atoms with E-state index in [1.54, 1.807) is 0 Å². The number of ether oxygens (including phenoxy) is 1. The van der Waals surface area contributed by atoms with Crippen LogP contribution in [0.2, 0.25) is 0 Å². The second kappa shape index (κ2) is 5.89. The van der Waals surface area contributed by atoms with Crippen LogP contribution >= 0.6 is 0 Å². The highest BCUT2D eigenvalue weighted by Crippen LogP contribution is 2.31. The van der Waals surface area contributed by atoms with Crippen LogP contribution < -0.4 is 9.64 Å². The number of rotatable bonds is 3. The third kappa shape index (κ3) is 2.64. The Morgan fingerprint density at radius 2 is 1.92 bits per heavy atom. The molecule has 0 N–H and O–H groups in total. The van der Waals surface area contributed by atoms with Crippen LogP contribution in [-0.4, -0.2) is 19.1 Å². The molecule has 0 bridgehead atoms. The minimum absolute atomic E-state index is 0.143. The zero-order chi connectivity index (χ0) is 16.7. The van der Waals surface area contributed by atoms with Gasteiger partial charge in [0.05, 0.1) is 5.69 Å². The number of amides is 1. The van der Waals surface area contributed by atoms with Gasteiger partial charge in [-0.15, -0.1) is 0 Å². The monoisotopic (exact) mass is 329 g/mol. The molecule has 124 valence electrons. The SMILES string of the molecule is O=C(COc1ccc2c(c1)CCC2)N1CCc2c(F)cc(F)cc21. The maximum absolute atomic E-state index is 13.8. The van der Waals surface area contributed by atoms with Crippen LogP contribution in [0.15, 0.2) is 30.3 Å². The molecule has 1 aliphatic carbocycles. The second-order valence-electron chi connectivity index (χ2n) is 6.25. The van der Waals surface area contributed by atoms with Gasteiger partial charge in [-0.1, -0.05) is 6.07 Å². The van der Waals surface area contributed by atoms with E-state index in [1.807, 2.05) is 18.2 Å². The van der Waals surface area contributed by atoms with Crippen molar-refractivity contribution in [2.45, 2.75) is 25.7 Å². The van der Waals surface area contributed by atoms with Crippen LogP contribution in [0.25, 0.3) is 0 Å². The van der Waals surface area contributed by atoms with Gasteiger partial charge in [-0.2, -0.15) is 0 Å². The van der Waals surface area contributed by atoms with Gasteiger partial charge in [0.25, 0.3) is 5.91 Å². The zero-order valence-corrected chi connectivity index (χ0v) is 13.1. The first kappa shape index (κ1) is 15.1. The lowest BCUT2D eigenvalue weighted by Crippen LogP contribution is -2.33. The topological polar surface area (TPSA) is 29.5 Å².